The van der Waals surface area contributed by atoms with Crippen LogP contribution in [0.25, 0.3) is 0 Å². The summed E-state index contributed by atoms with van der Waals surface area (Å²) in [6, 6.07) is 1.96. The van der Waals surface area contributed by atoms with E-state index in [9.17, 15) is 4.79 Å². The van der Waals surface area contributed by atoms with Gasteiger partial charge in [-0.1, -0.05) is 0 Å². The third-order valence-electron chi connectivity index (χ3n) is 3.10. The fraction of sp³-hybridized carbons (Fsp3) is 0.583. The Morgan fingerprint density at radius 3 is 3.00 bits per heavy atom. The van der Waals surface area contributed by atoms with Gasteiger partial charge in [0.25, 0.3) is 0 Å². The highest BCUT2D eigenvalue weighted by atomic mass is 32.2. The van der Waals surface area contributed by atoms with Crippen molar-refractivity contribution in [2.75, 3.05) is 17.7 Å². The summed E-state index contributed by atoms with van der Waals surface area (Å²) in [6.45, 7) is 2.58. The van der Waals surface area contributed by atoms with E-state index in [2.05, 4.69) is 14.9 Å². The number of rotatable bonds is 3. The van der Waals surface area contributed by atoms with Gasteiger partial charge >= 0.3 is 0 Å². The van der Waals surface area contributed by atoms with Crippen LogP contribution in [0.2, 0.25) is 0 Å². The van der Waals surface area contributed by atoms with Gasteiger partial charge in [0.15, 0.2) is 5.78 Å². The summed E-state index contributed by atoms with van der Waals surface area (Å²) in [5.74, 6) is 1.11. The van der Waals surface area contributed by atoms with Crippen LogP contribution in [-0.2, 0) is 4.79 Å². The van der Waals surface area contributed by atoms with Crippen LogP contribution in [0.4, 0.5) is 5.82 Å². The van der Waals surface area contributed by atoms with E-state index in [0.29, 0.717) is 0 Å². The average molecular weight is 251 g/mol. The van der Waals surface area contributed by atoms with Crippen molar-refractivity contribution in [3.05, 3.63) is 12.4 Å². The zero-order valence-electron chi connectivity index (χ0n) is 10.2. The lowest BCUT2D eigenvalue weighted by Crippen LogP contribution is -2.44. The maximum absolute atomic E-state index is 11.6. The van der Waals surface area contributed by atoms with Gasteiger partial charge in [0.1, 0.15) is 17.2 Å². The van der Waals surface area contributed by atoms with Crippen molar-refractivity contribution in [2.24, 2.45) is 0 Å². The van der Waals surface area contributed by atoms with Crippen LogP contribution >= 0.6 is 11.8 Å². The van der Waals surface area contributed by atoms with E-state index in [1.54, 1.807) is 25.0 Å². The monoisotopic (exact) mass is 251 g/mol. The van der Waals surface area contributed by atoms with E-state index in [0.717, 1.165) is 36.7 Å². The van der Waals surface area contributed by atoms with Crippen molar-refractivity contribution in [1.29, 1.82) is 0 Å². The topological polar surface area (TPSA) is 46.1 Å². The van der Waals surface area contributed by atoms with Gasteiger partial charge < -0.3 is 4.90 Å². The number of ketones is 1. The summed E-state index contributed by atoms with van der Waals surface area (Å²) in [5.41, 5.74) is 0. The molecule has 0 spiro atoms. The molecular weight excluding hydrogens is 234 g/mol. The average Bonchev–Trinajstić information content (AvgIpc) is 2.39. The first kappa shape index (κ1) is 12.4. The molecule has 0 amide bonds. The second-order valence-electron chi connectivity index (χ2n) is 4.23. The van der Waals surface area contributed by atoms with Crippen molar-refractivity contribution in [1.82, 2.24) is 9.97 Å². The Hall–Kier alpha value is -1.10. The first-order valence-electron chi connectivity index (χ1n) is 5.85. The molecule has 1 aliphatic rings. The van der Waals surface area contributed by atoms with E-state index >= 15 is 0 Å². The molecule has 17 heavy (non-hydrogen) atoms. The molecule has 2 rings (SSSR count). The van der Waals surface area contributed by atoms with E-state index in [1.807, 2.05) is 12.3 Å². The zero-order chi connectivity index (χ0) is 12.3. The number of carbonyl (C=O) groups excluding carboxylic acids is 1. The number of hydrogen-bond donors (Lipinski definition) is 0. The van der Waals surface area contributed by atoms with Gasteiger partial charge in [-0.2, -0.15) is 0 Å². The first-order chi connectivity index (χ1) is 8.22. The molecule has 1 unspecified atom stereocenters. The summed E-state index contributed by atoms with van der Waals surface area (Å²) in [4.78, 5) is 22.2. The lowest BCUT2D eigenvalue weighted by molar-refractivity contribution is -0.118. The highest BCUT2D eigenvalue weighted by Gasteiger charge is 2.27. The molecule has 1 aliphatic heterocycles. The van der Waals surface area contributed by atoms with Crippen LogP contribution in [0.1, 0.15) is 26.2 Å². The van der Waals surface area contributed by atoms with Gasteiger partial charge in [0.2, 0.25) is 0 Å². The van der Waals surface area contributed by atoms with Crippen LogP contribution in [0.5, 0.6) is 0 Å². The fourth-order valence-electron chi connectivity index (χ4n) is 2.23. The Balaban J connectivity index is 2.26. The molecule has 1 fully saturated rings. The molecule has 0 aromatic carbocycles. The zero-order valence-corrected chi connectivity index (χ0v) is 11.0. The molecule has 92 valence electrons. The van der Waals surface area contributed by atoms with Crippen LogP contribution in [0.15, 0.2) is 17.4 Å². The van der Waals surface area contributed by atoms with E-state index < -0.39 is 0 Å². The van der Waals surface area contributed by atoms with Gasteiger partial charge in [0, 0.05) is 12.6 Å². The second kappa shape index (κ2) is 5.49. The number of Topliss-reactive ketones (excluding diaryl/α,β-unsaturated/α-hetero) is 1. The summed E-state index contributed by atoms with van der Waals surface area (Å²) < 4.78 is 0. The molecule has 0 saturated carbocycles. The van der Waals surface area contributed by atoms with Crippen LogP contribution < -0.4 is 4.90 Å². The number of thioether (sulfide) groups is 1. The molecule has 1 atom stereocenters. The third-order valence-corrected chi connectivity index (χ3v) is 3.74. The van der Waals surface area contributed by atoms with Crippen molar-refractivity contribution < 1.29 is 4.79 Å². The minimum atomic E-state index is -0.00615. The Morgan fingerprint density at radius 2 is 2.29 bits per heavy atom. The fourth-order valence-corrected chi connectivity index (χ4v) is 2.60. The SMILES string of the molecule is CSc1cc(N2CCCCC2C(C)=O)ncn1. The molecule has 5 heteroatoms. The van der Waals surface area contributed by atoms with Gasteiger partial charge in [0.05, 0.1) is 6.04 Å². The predicted molar refractivity (Wildman–Crippen MR) is 69.5 cm³/mol. The maximum atomic E-state index is 11.6. The van der Waals surface area contributed by atoms with Gasteiger partial charge in [-0.3, -0.25) is 4.79 Å². The van der Waals surface area contributed by atoms with E-state index in [-0.39, 0.29) is 11.8 Å². The summed E-state index contributed by atoms with van der Waals surface area (Å²) in [7, 11) is 0. The van der Waals surface area contributed by atoms with Crippen LogP contribution in [-0.4, -0.2) is 34.6 Å². The van der Waals surface area contributed by atoms with E-state index in [1.165, 1.54) is 0 Å². The predicted octanol–water partition coefficient (Wildman–Crippen LogP) is 2.15. The van der Waals surface area contributed by atoms with Gasteiger partial charge in [-0.25, -0.2) is 9.97 Å². The molecule has 2 heterocycles. The minimum Gasteiger partial charge on any atom is -0.346 e. The highest BCUT2D eigenvalue weighted by molar-refractivity contribution is 7.98. The van der Waals surface area contributed by atoms with Crippen molar-refractivity contribution in [2.45, 2.75) is 37.3 Å². The molecule has 4 nitrogen and oxygen atoms in total. The number of hydrogen-bond acceptors (Lipinski definition) is 5. The molecule has 0 bridgehead atoms. The molecule has 0 N–H and O–H groups in total. The Kier molecular flexibility index (Phi) is 3.99. The normalized spacial score (nSPS) is 20.4. The summed E-state index contributed by atoms with van der Waals surface area (Å²) in [6.07, 6.45) is 6.76. The molecule has 1 saturated heterocycles. The molecular formula is C12H17N3OS. The van der Waals surface area contributed by atoms with Crippen molar-refractivity contribution >= 4 is 23.4 Å². The first-order valence-corrected chi connectivity index (χ1v) is 7.08. The molecule has 0 radical (unpaired) electrons. The minimum absolute atomic E-state index is 0.00615. The summed E-state index contributed by atoms with van der Waals surface area (Å²) >= 11 is 1.59. The molecule has 0 aliphatic carbocycles. The highest BCUT2D eigenvalue weighted by Crippen LogP contribution is 2.25. The number of carbonyl (C=O) groups is 1. The number of anilines is 1. The van der Waals surface area contributed by atoms with E-state index in [4.69, 9.17) is 0 Å². The third kappa shape index (κ3) is 2.77. The van der Waals surface area contributed by atoms with Crippen LogP contribution in [0.3, 0.4) is 0 Å². The second-order valence-corrected chi connectivity index (χ2v) is 5.06. The lowest BCUT2D eigenvalue weighted by Gasteiger charge is -2.35. The van der Waals surface area contributed by atoms with Gasteiger partial charge in [-0.05, 0) is 32.4 Å². The Morgan fingerprint density at radius 1 is 1.47 bits per heavy atom. The molecule has 1 aromatic rings. The number of aromatic nitrogens is 2. The Labute approximate surface area is 106 Å². The van der Waals surface area contributed by atoms with Crippen molar-refractivity contribution in [3.63, 3.8) is 0 Å². The summed E-state index contributed by atoms with van der Waals surface area (Å²) in [5, 5.41) is 0.947. The lowest BCUT2D eigenvalue weighted by atomic mass is 9.99. The molecule has 1 aromatic heterocycles. The maximum Gasteiger partial charge on any atom is 0.152 e. The van der Waals surface area contributed by atoms with Crippen LogP contribution in [0, 0.1) is 0 Å². The Bertz CT molecular complexity index is 410. The van der Waals surface area contributed by atoms with Crippen molar-refractivity contribution in [3.8, 4) is 0 Å². The number of piperidine rings is 1. The smallest absolute Gasteiger partial charge is 0.152 e. The van der Waals surface area contributed by atoms with Gasteiger partial charge in [-0.15, -0.1) is 11.8 Å². The quantitative estimate of drug-likeness (QED) is 0.608. The number of nitrogens with zero attached hydrogens (tertiary/aromatic N) is 3. The standard InChI is InChI=1S/C12H17N3OS/c1-9(16)10-5-3-4-6-15(10)11-7-12(17-2)14-8-13-11/h7-8,10H,3-6H2,1-2H3. The largest absolute Gasteiger partial charge is 0.346 e.